The fourth-order valence-corrected chi connectivity index (χ4v) is 5.75. The first-order valence-corrected chi connectivity index (χ1v) is 11.7. The lowest BCUT2D eigenvalue weighted by atomic mass is 10.1. The summed E-state index contributed by atoms with van der Waals surface area (Å²) in [5.74, 6) is -0.974. The van der Waals surface area contributed by atoms with E-state index in [-0.39, 0.29) is 24.0 Å². The van der Waals surface area contributed by atoms with Gasteiger partial charge in [-0.05, 0) is 13.3 Å². The molecule has 1 aliphatic rings. The second-order valence-electron chi connectivity index (χ2n) is 7.09. The van der Waals surface area contributed by atoms with Crippen LogP contribution in [0.5, 0.6) is 0 Å². The summed E-state index contributed by atoms with van der Waals surface area (Å²) in [7, 11) is -1.57. The Labute approximate surface area is 173 Å². The summed E-state index contributed by atoms with van der Waals surface area (Å²) in [6.07, 6.45) is 0.353. The van der Waals surface area contributed by atoms with Crippen LogP contribution in [0.15, 0.2) is 24.3 Å². The Morgan fingerprint density at radius 3 is 2.62 bits per heavy atom. The van der Waals surface area contributed by atoms with Gasteiger partial charge in [-0.25, -0.2) is 13.4 Å². The number of nitrogens with zero attached hydrogens (tertiary/aromatic N) is 2. The maximum atomic E-state index is 12.3. The first-order valence-electron chi connectivity index (χ1n) is 9.08. The third-order valence-corrected chi connectivity index (χ3v) is 7.48. The minimum absolute atomic E-state index is 0.0487. The summed E-state index contributed by atoms with van der Waals surface area (Å²) in [5.41, 5.74) is 8.41. The van der Waals surface area contributed by atoms with Crippen molar-refractivity contribution < 1.29 is 22.7 Å². The summed E-state index contributed by atoms with van der Waals surface area (Å²) < 4.78 is 28.3. The Hall–Kier alpha value is -2.46. The van der Waals surface area contributed by atoms with E-state index in [1.807, 2.05) is 31.2 Å². The van der Waals surface area contributed by atoms with Crippen molar-refractivity contribution in [3.05, 3.63) is 34.7 Å². The quantitative estimate of drug-likeness (QED) is 0.679. The number of likely N-dealkylation sites (N-methyl/N-ethyl adjacent to an activating group) is 1. The SMILES string of the molecule is Cc1ccc(-c2nc(N)sc2CC(=O)OCC(=O)N(C)C2CCS(=O)(=O)C2)cc1. The Balaban J connectivity index is 1.59. The molecule has 1 saturated heterocycles. The number of amides is 1. The first kappa shape index (κ1) is 21.3. The molecule has 2 N–H and O–H groups in total. The summed E-state index contributed by atoms with van der Waals surface area (Å²) in [6.45, 7) is 1.55. The number of carbonyl (C=O) groups excluding carboxylic acids is 2. The number of nitrogens with two attached hydrogens (primary N) is 1. The summed E-state index contributed by atoms with van der Waals surface area (Å²) in [5, 5.41) is 0.349. The number of thiazole rings is 1. The van der Waals surface area contributed by atoms with Gasteiger partial charge < -0.3 is 15.4 Å². The number of esters is 1. The number of hydrogen-bond acceptors (Lipinski definition) is 8. The molecule has 1 fully saturated rings. The van der Waals surface area contributed by atoms with E-state index in [9.17, 15) is 18.0 Å². The summed E-state index contributed by atoms with van der Waals surface area (Å²) in [6, 6.07) is 7.34. The third-order valence-electron chi connectivity index (χ3n) is 4.85. The van der Waals surface area contributed by atoms with Gasteiger partial charge in [0.25, 0.3) is 5.91 Å². The molecule has 10 heteroatoms. The van der Waals surface area contributed by atoms with Crippen molar-refractivity contribution in [3.63, 3.8) is 0 Å². The van der Waals surface area contributed by atoms with Gasteiger partial charge in [0.15, 0.2) is 21.6 Å². The Morgan fingerprint density at radius 1 is 1.31 bits per heavy atom. The van der Waals surface area contributed by atoms with E-state index >= 15 is 0 Å². The van der Waals surface area contributed by atoms with Crippen LogP contribution in [0.1, 0.15) is 16.9 Å². The van der Waals surface area contributed by atoms with E-state index < -0.39 is 28.3 Å². The Morgan fingerprint density at radius 2 is 2.00 bits per heavy atom. The molecule has 2 heterocycles. The zero-order valence-electron chi connectivity index (χ0n) is 16.3. The average molecular weight is 438 g/mol. The molecule has 1 aliphatic heterocycles. The molecule has 1 unspecified atom stereocenters. The summed E-state index contributed by atoms with van der Waals surface area (Å²) >= 11 is 1.21. The molecular weight excluding hydrogens is 414 g/mol. The Kier molecular flexibility index (Phi) is 6.23. The van der Waals surface area contributed by atoms with E-state index in [0.29, 0.717) is 22.1 Å². The third kappa shape index (κ3) is 5.33. The van der Waals surface area contributed by atoms with Crippen molar-refractivity contribution in [2.24, 2.45) is 0 Å². The second-order valence-corrected chi connectivity index (χ2v) is 10.4. The van der Waals surface area contributed by atoms with Crippen molar-refractivity contribution >= 4 is 38.2 Å². The molecule has 29 heavy (non-hydrogen) atoms. The van der Waals surface area contributed by atoms with Crippen LogP contribution in [0.25, 0.3) is 11.3 Å². The van der Waals surface area contributed by atoms with Crippen molar-refractivity contribution in [1.82, 2.24) is 9.88 Å². The maximum Gasteiger partial charge on any atom is 0.311 e. The summed E-state index contributed by atoms with van der Waals surface area (Å²) in [4.78, 5) is 30.8. The fraction of sp³-hybridized carbons (Fsp3) is 0.421. The van der Waals surface area contributed by atoms with Crippen molar-refractivity contribution in [3.8, 4) is 11.3 Å². The average Bonchev–Trinajstić information content (AvgIpc) is 3.21. The smallest absolute Gasteiger partial charge is 0.311 e. The van der Waals surface area contributed by atoms with Crippen LogP contribution < -0.4 is 5.73 Å². The van der Waals surface area contributed by atoms with Crippen LogP contribution in [-0.4, -0.2) is 61.4 Å². The molecule has 1 aromatic carbocycles. The molecule has 1 aromatic heterocycles. The molecule has 156 valence electrons. The van der Waals surface area contributed by atoms with Gasteiger partial charge in [0.1, 0.15) is 0 Å². The second kappa shape index (κ2) is 8.50. The van der Waals surface area contributed by atoms with Crippen LogP contribution >= 0.6 is 11.3 Å². The van der Waals surface area contributed by atoms with E-state index in [0.717, 1.165) is 11.1 Å². The number of sulfone groups is 1. The van der Waals surface area contributed by atoms with Gasteiger partial charge >= 0.3 is 5.97 Å². The minimum atomic E-state index is -3.10. The minimum Gasteiger partial charge on any atom is -0.455 e. The number of hydrogen-bond donors (Lipinski definition) is 1. The van der Waals surface area contributed by atoms with Gasteiger partial charge in [-0.2, -0.15) is 0 Å². The molecule has 0 spiro atoms. The molecule has 0 aliphatic carbocycles. The lowest BCUT2D eigenvalue weighted by Crippen LogP contribution is -2.40. The monoisotopic (exact) mass is 437 g/mol. The zero-order valence-corrected chi connectivity index (χ0v) is 17.9. The molecule has 0 saturated carbocycles. The lowest BCUT2D eigenvalue weighted by molar-refractivity contribution is -0.151. The zero-order chi connectivity index (χ0) is 21.2. The highest BCUT2D eigenvalue weighted by molar-refractivity contribution is 7.91. The lowest BCUT2D eigenvalue weighted by Gasteiger charge is -2.23. The van der Waals surface area contributed by atoms with E-state index in [4.69, 9.17) is 10.5 Å². The molecule has 8 nitrogen and oxygen atoms in total. The van der Waals surface area contributed by atoms with Crippen molar-refractivity contribution in [2.75, 3.05) is 30.9 Å². The van der Waals surface area contributed by atoms with E-state index in [1.54, 1.807) is 0 Å². The predicted octanol–water partition coefficient (Wildman–Crippen LogP) is 1.43. The molecule has 1 atom stereocenters. The van der Waals surface area contributed by atoms with Gasteiger partial charge in [0, 0.05) is 23.5 Å². The topological polar surface area (TPSA) is 120 Å². The number of rotatable bonds is 6. The van der Waals surface area contributed by atoms with Crippen molar-refractivity contribution in [2.45, 2.75) is 25.8 Å². The van der Waals surface area contributed by atoms with Crippen LogP contribution in [-0.2, 0) is 30.6 Å². The molecular formula is C19H23N3O5S2. The molecule has 0 bridgehead atoms. The highest BCUT2D eigenvalue weighted by atomic mass is 32.2. The predicted molar refractivity (Wildman–Crippen MR) is 111 cm³/mol. The normalized spacial score (nSPS) is 17.8. The van der Waals surface area contributed by atoms with E-state index in [1.165, 1.54) is 23.3 Å². The highest BCUT2D eigenvalue weighted by Gasteiger charge is 2.33. The molecule has 3 rings (SSSR count). The van der Waals surface area contributed by atoms with Gasteiger partial charge in [0.2, 0.25) is 0 Å². The highest BCUT2D eigenvalue weighted by Crippen LogP contribution is 2.30. The Bertz CT molecular complexity index is 1010. The van der Waals surface area contributed by atoms with Crippen molar-refractivity contribution in [1.29, 1.82) is 0 Å². The van der Waals surface area contributed by atoms with Gasteiger partial charge in [-0.15, -0.1) is 11.3 Å². The number of carbonyl (C=O) groups is 2. The van der Waals surface area contributed by atoms with Crippen LogP contribution in [0.2, 0.25) is 0 Å². The first-order chi connectivity index (χ1) is 13.6. The molecule has 1 amide bonds. The van der Waals surface area contributed by atoms with Crippen LogP contribution in [0, 0.1) is 6.92 Å². The van der Waals surface area contributed by atoms with Gasteiger partial charge in [-0.1, -0.05) is 29.8 Å². The number of anilines is 1. The largest absolute Gasteiger partial charge is 0.455 e. The van der Waals surface area contributed by atoms with Gasteiger partial charge in [0.05, 0.1) is 23.6 Å². The van der Waals surface area contributed by atoms with Gasteiger partial charge in [-0.3, -0.25) is 9.59 Å². The maximum absolute atomic E-state index is 12.3. The van der Waals surface area contributed by atoms with E-state index in [2.05, 4.69) is 4.98 Å². The van der Waals surface area contributed by atoms with Crippen LogP contribution in [0.4, 0.5) is 5.13 Å². The molecule has 2 aromatic rings. The standard InChI is InChI=1S/C19H23N3O5S2/c1-12-3-5-13(6-4-12)18-15(28-19(20)21-18)9-17(24)27-10-16(23)22(2)14-7-8-29(25,26)11-14/h3-6,14H,7-11H2,1-2H3,(H2,20,21). The number of aromatic nitrogens is 1. The molecule has 0 radical (unpaired) electrons. The number of ether oxygens (including phenoxy) is 1. The number of benzene rings is 1. The number of nitrogen functional groups attached to an aromatic ring is 1. The number of aryl methyl sites for hydroxylation is 1. The fourth-order valence-electron chi connectivity index (χ4n) is 3.14. The van der Waals surface area contributed by atoms with Crippen LogP contribution in [0.3, 0.4) is 0 Å².